The highest BCUT2D eigenvalue weighted by molar-refractivity contribution is 7.89. The van der Waals surface area contributed by atoms with Gasteiger partial charge in [0.2, 0.25) is 10.0 Å². The summed E-state index contributed by atoms with van der Waals surface area (Å²) < 4.78 is 42.8. The molecule has 9 heteroatoms. The minimum Gasteiger partial charge on any atom is -0.478 e. The number of nitrogens with one attached hydrogen (secondary N) is 1. The van der Waals surface area contributed by atoms with Gasteiger partial charge in [-0.15, -0.1) is 0 Å². The smallest absolute Gasteiger partial charge is 0.335 e. The molecule has 0 unspecified atom stereocenters. The van der Waals surface area contributed by atoms with E-state index in [0.717, 1.165) is 19.2 Å². The number of halogens is 1. The van der Waals surface area contributed by atoms with Crippen molar-refractivity contribution in [2.24, 2.45) is 0 Å². The zero-order chi connectivity index (χ0) is 14.6. The molecule has 7 nitrogen and oxygen atoms in total. The summed E-state index contributed by atoms with van der Waals surface area (Å²) in [5, 5.41) is 8.71. The van der Waals surface area contributed by atoms with Crippen molar-refractivity contribution in [1.29, 1.82) is 0 Å². The Morgan fingerprint density at radius 3 is 2.58 bits per heavy atom. The number of rotatable bonds is 5. The summed E-state index contributed by atoms with van der Waals surface area (Å²) >= 11 is 0. The molecule has 0 saturated heterocycles. The van der Waals surface area contributed by atoms with Gasteiger partial charge in [-0.3, -0.25) is 4.79 Å². The van der Waals surface area contributed by atoms with Crippen molar-refractivity contribution in [3.8, 4) is 0 Å². The highest BCUT2D eigenvalue weighted by Crippen LogP contribution is 2.16. The number of benzene rings is 1. The third-order valence-electron chi connectivity index (χ3n) is 2.10. The molecule has 0 atom stereocenters. The lowest BCUT2D eigenvalue weighted by Gasteiger charge is -2.07. The van der Waals surface area contributed by atoms with Crippen molar-refractivity contribution in [1.82, 2.24) is 4.72 Å². The zero-order valence-corrected chi connectivity index (χ0v) is 10.5. The number of hydrogen-bond acceptors (Lipinski definition) is 5. The number of carboxylic acid groups (broad SMARTS) is 1. The summed E-state index contributed by atoms with van der Waals surface area (Å²) in [7, 11) is -3.28. The molecular formula is C10H10FNO6S. The molecule has 1 aromatic carbocycles. The Morgan fingerprint density at radius 2 is 2.05 bits per heavy atom. The monoisotopic (exact) mass is 291 g/mol. The quantitative estimate of drug-likeness (QED) is 0.737. The number of aromatic carboxylic acids is 1. The Kier molecular flexibility index (Phi) is 4.57. The van der Waals surface area contributed by atoms with Gasteiger partial charge in [0.1, 0.15) is 17.3 Å². The van der Waals surface area contributed by atoms with E-state index in [9.17, 15) is 22.4 Å². The van der Waals surface area contributed by atoms with E-state index in [4.69, 9.17) is 5.11 Å². The number of sulfonamides is 1. The van der Waals surface area contributed by atoms with Crippen molar-refractivity contribution in [2.75, 3.05) is 13.7 Å². The number of carboxylic acids is 1. The van der Waals surface area contributed by atoms with E-state index in [1.807, 2.05) is 0 Å². The topological polar surface area (TPSA) is 110 Å². The molecule has 1 aromatic rings. The van der Waals surface area contributed by atoms with Crippen LogP contribution in [0, 0.1) is 5.82 Å². The minimum absolute atomic E-state index is 0.389. The lowest BCUT2D eigenvalue weighted by Crippen LogP contribution is -2.31. The molecule has 0 amide bonds. The van der Waals surface area contributed by atoms with Gasteiger partial charge in [0.05, 0.1) is 12.7 Å². The van der Waals surface area contributed by atoms with Crippen LogP contribution in [0.15, 0.2) is 23.1 Å². The third-order valence-corrected chi connectivity index (χ3v) is 3.52. The molecule has 0 bridgehead atoms. The van der Waals surface area contributed by atoms with Crippen molar-refractivity contribution in [2.45, 2.75) is 4.90 Å². The van der Waals surface area contributed by atoms with E-state index < -0.39 is 39.2 Å². The second kappa shape index (κ2) is 5.76. The first-order valence-electron chi connectivity index (χ1n) is 4.87. The van der Waals surface area contributed by atoms with Crippen LogP contribution in [0.3, 0.4) is 0 Å². The largest absolute Gasteiger partial charge is 0.478 e. The number of hydrogen-bond donors (Lipinski definition) is 2. The van der Waals surface area contributed by atoms with Crippen molar-refractivity contribution in [3.05, 3.63) is 29.6 Å². The molecule has 0 aromatic heterocycles. The summed E-state index contributed by atoms with van der Waals surface area (Å²) in [5.74, 6) is -3.38. The van der Waals surface area contributed by atoms with Crippen LogP contribution < -0.4 is 4.72 Å². The average Bonchev–Trinajstić information content (AvgIpc) is 2.36. The fraction of sp³-hybridized carbons (Fsp3) is 0.200. The molecule has 0 spiro atoms. The van der Waals surface area contributed by atoms with Crippen LogP contribution in [0.4, 0.5) is 4.39 Å². The average molecular weight is 291 g/mol. The molecule has 0 heterocycles. The maximum Gasteiger partial charge on any atom is 0.335 e. The molecule has 0 saturated carbocycles. The first-order chi connectivity index (χ1) is 8.77. The van der Waals surface area contributed by atoms with E-state index in [2.05, 4.69) is 4.74 Å². The SMILES string of the molecule is COC(=O)CNS(=O)(=O)c1cc(C(=O)O)ccc1F. The van der Waals surface area contributed by atoms with Crippen LogP contribution in [-0.2, 0) is 19.6 Å². The normalized spacial score (nSPS) is 11.1. The standard InChI is InChI=1S/C10H10FNO6S/c1-18-9(13)5-12-19(16,17)8-4-6(10(14)15)2-3-7(8)11/h2-4,12H,5H2,1H3,(H,14,15). The van der Waals surface area contributed by atoms with Gasteiger partial charge in [0, 0.05) is 0 Å². The Balaban J connectivity index is 3.10. The van der Waals surface area contributed by atoms with Gasteiger partial charge < -0.3 is 9.84 Å². The lowest BCUT2D eigenvalue weighted by atomic mass is 10.2. The maximum atomic E-state index is 13.4. The van der Waals surface area contributed by atoms with Gasteiger partial charge in [-0.1, -0.05) is 0 Å². The Labute approximate surface area is 108 Å². The van der Waals surface area contributed by atoms with Gasteiger partial charge in [-0.2, -0.15) is 4.72 Å². The Morgan fingerprint density at radius 1 is 1.42 bits per heavy atom. The van der Waals surface area contributed by atoms with Crippen LogP contribution in [0.5, 0.6) is 0 Å². The number of carbonyl (C=O) groups excluding carboxylic acids is 1. The third kappa shape index (κ3) is 3.73. The number of carbonyl (C=O) groups is 2. The lowest BCUT2D eigenvalue weighted by molar-refractivity contribution is -0.139. The zero-order valence-electron chi connectivity index (χ0n) is 9.71. The molecule has 104 valence electrons. The van der Waals surface area contributed by atoms with Crippen LogP contribution in [0.2, 0.25) is 0 Å². The van der Waals surface area contributed by atoms with Crippen LogP contribution in [-0.4, -0.2) is 39.1 Å². The van der Waals surface area contributed by atoms with E-state index in [1.54, 1.807) is 4.72 Å². The van der Waals surface area contributed by atoms with Crippen molar-refractivity contribution < 1.29 is 32.2 Å². The molecule has 19 heavy (non-hydrogen) atoms. The van der Waals surface area contributed by atoms with E-state index >= 15 is 0 Å². The fourth-order valence-electron chi connectivity index (χ4n) is 1.15. The molecular weight excluding hydrogens is 281 g/mol. The van der Waals surface area contributed by atoms with Gasteiger partial charge in [0.15, 0.2) is 0 Å². The Hall–Kier alpha value is -2.00. The Bertz CT molecular complexity index is 612. The first-order valence-corrected chi connectivity index (χ1v) is 6.35. The fourth-order valence-corrected chi connectivity index (χ4v) is 2.22. The molecule has 0 radical (unpaired) electrons. The van der Waals surface area contributed by atoms with E-state index in [-0.39, 0.29) is 5.56 Å². The minimum atomic E-state index is -4.34. The van der Waals surface area contributed by atoms with Crippen LogP contribution in [0.25, 0.3) is 0 Å². The summed E-state index contributed by atoms with van der Waals surface area (Å²) in [6.45, 7) is -0.685. The molecule has 0 aliphatic heterocycles. The van der Waals surface area contributed by atoms with Gasteiger partial charge in [-0.25, -0.2) is 17.6 Å². The number of ether oxygens (including phenoxy) is 1. The second-order valence-corrected chi connectivity index (χ2v) is 5.09. The molecule has 2 N–H and O–H groups in total. The van der Waals surface area contributed by atoms with Crippen molar-refractivity contribution in [3.63, 3.8) is 0 Å². The molecule has 0 aliphatic rings. The highest BCUT2D eigenvalue weighted by Gasteiger charge is 2.21. The van der Waals surface area contributed by atoms with Gasteiger partial charge >= 0.3 is 11.9 Å². The summed E-state index contributed by atoms with van der Waals surface area (Å²) in [6, 6.07) is 2.31. The summed E-state index contributed by atoms with van der Waals surface area (Å²) in [5.41, 5.74) is -0.389. The molecule has 0 aliphatic carbocycles. The van der Waals surface area contributed by atoms with Crippen LogP contribution in [0.1, 0.15) is 10.4 Å². The molecule has 0 fully saturated rings. The van der Waals surface area contributed by atoms with Gasteiger partial charge in [0.25, 0.3) is 0 Å². The predicted octanol–water partition coefficient (Wildman–Crippen LogP) is -0.0248. The number of methoxy groups -OCH3 is 1. The highest BCUT2D eigenvalue weighted by atomic mass is 32.2. The van der Waals surface area contributed by atoms with Crippen LogP contribution >= 0.6 is 0 Å². The summed E-state index contributed by atoms with van der Waals surface area (Å²) in [6.07, 6.45) is 0. The number of esters is 1. The predicted molar refractivity (Wildman–Crippen MR) is 60.6 cm³/mol. The van der Waals surface area contributed by atoms with Gasteiger partial charge in [-0.05, 0) is 18.2 Å². The second-order valence-electron chi connectivity index (χ2n) is 3.35. The molecule has 1 rings (SSSR count). The first kappa shape index (κ1) is 15.1. The maximum absolute atomic E-state index is 13.4. The summed E-state index contributed by atoms with van der Waals surface area (Å²) in [4.78, 5) is 20.7. The van der Waals surface area contributed by atoms with E-state index in [1.165, 1.54) is 0 Å². The van der Waals surface area contributed by atoms with E-state index in [0.29, 0.717) is 6.07 Å². The van der Waals surface area contributed by atoms with Crippen molar-refractivity contribution >= 4 is 22.0 Å².